The Kier molecular flexibility index (Phi) is 3.25. The second kappa shape index (κ2) is 4.84. The van der Waals surface area contributed by atoms with Crippen LogP contribution in [0.3, 0.4) is 0 Å². The van der Waals surface area contributed by atoms with Crippen molar-refractivity contribution in [1.29, 1.82) is 0 Å². The largest absolute Gasteiger partial charge is 0.381 e. The van der Waals surface area contributed by atoms with Crippen molar-refractivity contribution in [2.45, 2.75) is 26.3 Å². The third-order valence-corrected chi connectivity index (χ3v) is 2.56. The molecule has 1 aromatic heterocycles. The number of aromatic nitrogens is 1. The minimum absolute atomic E-state index is 0.576. The monoisotopic (exact) mass is 216 g/mol. The number of hydrogen-bond acceptors (Lipinski definition) is 3. The lowest BCUT2D eigenvalue weighted by Gasteiger charge is -2.08. The molecule has 16 heavy (non-hydrogen) atoms. The zero-order valence-electron chi connectivity index (χ0n) is 9.60. The molecule has 0 aliphatic rings. The maximum Gasteiger partial charge on any atom is 0.128 e. The van der Waals surface area contributed by atoms with Crippen molar-refractivity contribution in [3.05, 3.63) is 47.9 Å². The van der Waals surface area contributed by atoms with E-state index in [9.17, 15) is 0 Å². The van der Waals surface area contributed by atoms with Gasteiger partial charge in [0.15, 0.2) is 0 Å². The summed E-state index contributed by atoms with van der Waals surface area (Å²) in [6.07, 6.45) is 3.37. The van der Waals surface area contributed by atoms with Gasteiger partial charge in [0, 0.05) is 17.8 Å². The average molecular weight is 216 g/mol. The minimum atomic E-state index is 0.576. The summed E-state index contributed by atoms with van der Waals surface area (Å²) in [5.74, 6) is 0.576. The predicted octanol–water partition coefficient (Wildman–Crippen LogP) is 3.41. The fourth-order valence-corrected chi connectivity index (χ4v) is 1.50. The van der Waals surface area contributed by atoms with E-state index in [-0.39, 0.29) is 0 Å². The Morgan fingerprint density at radius 3 is 2.56 bits per heavy atom. The first-order chi connectivity index (χ1) is 7.75. The summed E-state index contributed by atoms with van der Waals surface area (Å²) in [5.41, 5.74) is 3.52. The lowest BCUT2D eigenvalue weighted by molar-refractivity contribution is 0.419. The molecule has 0 aliphatic carbocycles. The highest BCUT2D eigenvalue weighted by atomic mass is 16.5. The summed E-state index contributed by atoms with van der Waals surface area (Å²) >= 11 is 0. The molecule has 0 bridgehead atoms. The molecule has 0 atom stereocenters. The van der Waals surface area contributed by atoms with Crippen molar-refractivity contribution in [3.8, 4) is 0 Å². The van der Waals surface area contributed by atoms with Gasteiger partial charge in [0.1, 0.15) is 6.26 Å². The van der Waals surface area contributed by atoms with Crippen molar-refractivity contribution in [2.75, 3.05) is 5.32 Å². The maximum absolute atomic E-state index is 4.76. The maximum atomic E-state index is 4.76. The molecule has 1 N–H and O–H groups in total. The van der Waals surface area contributed by atoms with Gasteiger partial charge in [-0.15, -0.1) is 0 Å². The average Bonchev–Trinajstić information content (AvgIpc) is 2.80. The molecule has 3 nitrogen and oxygen atoms in total. The Morgan fingerprint density at radius 1 is 1.25 bits per heavy atom. The highest BCUT2D eigenvalue weighted by molar-refractivity contribution is 5.45. The van der Waals surface area contributed by atoms with E-state index >= 15 is 0 Å². The summed E-state index contributed by atoms with van der Waals surface area (Å²) in [6.45, 7) is 5.13. The van der Waals surface area contributed by atoms with Gasteiger partial charge in [-0.2, -0.15) is 0 Å². The first-order valence-corrected chi connectivity index (χ1v) is 5.48. The molecule has 0 saturated heterocycles. The number of benzene rings is 1. The van der Waals surface area contributed by atoms with Crippen LogP contribution in [0.2, 0.25) is 0 Å². The number of hydrogen-bond donors (Lipinski definition) is 1. The van der Waals surface area contributed by atoms with Crippen molar-refractivity contribution in [3.63, 3.8) is 0 Å². The molecular formula is C13H16N2O. The van der Waals surface area contributed by atoms with Crippen molar-refractivity contribution in [1.82, 2.24) is 5.16 Å². The molecule has 0 radical (unpaired) electrons. The number of rotatable bonds is 4. The van der Waals surface area contributed by atoms with E-state index < -0.39 is 0 Å². The molecule has 0 saturated carbocycles. The molecule has 0 fully saturated rings. The summed E-state index contributed by atoms with van der Waals surface area (Å²) in [6, 6.07) is 8.51. The lowest BCUT2D eigenvalue weighted by Crippen LogP contribution is -1.98. The highest BCUT2D eigenvalue weighted by Crippen LogP contribution is 2.17. The van der Waals surface area contributed by atoms with Crippen LogP contribution >= 0.6 is 0 Å². The molecule has 1 heterocycles. The van der Waals surface area contributed by atoms with Crippen LogP contribution in [-0.4, -0.2) is 5.16 Å². The van der Waals surface area contributed by atoms with E-state index in [0.29, 0.717) is 5.92 Å². The molecule has 84 valence electrons. The third kappa shape index (κ3) is 2.63. The van der Waals surface area contributed by atoms with Crippen LogP contribution in [0.5, 0.6) is 0 Å². The standard InChI is InChI=1S/C13H16N2O/c1-10(2)12-3-5-13(6-4-12)14-7-11-8-15-16-9-11/h3-6,8-10,14H,7H2,1-2H3. The van der Waals surface area contributed by atoms with Crippen LogP contribution < -0.4 is 5.32 Å². The van der Waals surface area contributed by atoms with Crippen molar-refractivity contribution in [2.24, 2.45) is 0 Å². The Balaban J connectivity index is 1.95. The van der Waals surface area contributed by atoms with Gasteiger partial charge >= 0.3 is 0 Å². The number of anilines is 1. The van der Waals surface area contributed by atoms with Crippen LogP contribution in [0.15, 0.2) is 41.2 Å². The van der Waals surface area contributed by atoms with E-state index in [1.807, 2.05) is 0 Å². The molecule has 0 spiro atoms. The molecule has 1 aromatic carbocycles. The van der Waals surface area contributed by atoms with Gasteiger partial charge < -0.3 is 9.84 Å². The SMILES string of the molecule is CC(C)c1ccc(NCc2cnoc2)cc1. The van der Waals surface area contributed by atoms with Crippen molar-refractivity contribution >= 4 is 5.69 Å². The van der Waals surface area contributed by atoms with E-state index in [4.69, 9.17) is 4.52 Å². The second-order valence-corrected chi connectivity index (χ2v) is 4.16. The van der Waals surface area contributed by atoms with Crippen LogP contribution in [0, 0.1) is 0 Å². The van der Waals surface area contributed by atoms with Gasteiger partial charge in [-0.3, -0.25) is 0 Å². The highest BCUT2D eigenvalue weighted by Gasteiger charge is 1.99. The Hall–Kier alpha value is -1.77. The molecule has 0 aliphatic heterocycles. The van der Waals surface area contributed by atoms with Crippen LogP contribution in [0.25, 0.3) is 0 Å². The number of nitrogens with one attached hydrogen (secondary N) is 1. The summed E-state index contributed by atoms with van der Waals surface area (Å²) in [4.78, 5) is 0. The Labute approximate surface area is 95.5 Å². The van der Waals surface area contributed by atoms with Gasteiger partial charge in [0.25, 0.3) is 0 Å². The molecule has 0 amide bonds. The lowest BCUT2D eigenvalue weighted by atomic mass is 10.0. The molecule has 3 heteroatoms. The quantitative estimate of drug-likeness (QED) is 0.851. The van der Waals surface area contributed by atoms with Gasteiger partial charge in [0.2, 0.25) is 0 Å². The van der Waals surface area contributed by atoms with Gasteiger partial charge in [-0.1, -0.05) is 31.1 Å². The fraction of sp³-hybridized carbons (Fsp3) is 0.308. The second-order valence-electron chi connectivity index (χ2n) is 4.16. The normalized spacial score (nSPS) is 10.7. The van der Waals surface area contributed by atoms with E-state index in [0.717, 1.165) is 17.8 Å². The van der Waals surface area contributed by atoms with E-state index in [1.54, 1.807) is 12.5 Å². The smallest absolute Gasteiger partial charge is 0.128 e. The third-order valence-electron chi connectivity index (χ3n) is 2.56. The predicted molar refractivity (Wildman–Crippen MR) is 64.4 cm³/mol. The van der Waals surface area contributed by atoms with Crippen LogP contribution in [0.1, 0.15) is 30.9 Å². The van der Waals surface area contributed by atoms with Gasteiger partial charge in [-0.25, -0.2) is 0 Å². The molecule has 0 unspecified atom stereocenters. The van der Waals surface area contributed by atoms with Gasteiger partial charge in [-0.05, 0) is 23.6 Å². The first-order valence-electron chi connectivity index (χ1n) is 5.48. The van der Waals surface area contributed by atoms with E-state index in [2.05, 4.69) is 48.6 Å². The summed E-state index contributed by atoms with van der Waals surface area (Å²) in [5, 5.41) is 6.97. The fourth-order valence-electron chi connectivity index (χ4n) is 1.50. The van der Waals surface area contributed by atoms with Crippen LogP contribution in [-0.2, 0) is 6.54 Å². The van der Waals surface area contributed by atoms with E-state index in [1.165, 1.54) is 5.56 Å². The molecule has 2 rings (SSSR count). The zero-order chi connectivity index (χ0) is 11.4. The minimum Gasteiger partial charge on any atom is -0.381 e. The Bertz CT molecular complexity index is 418. The molecule has 2 aromatic rings. The van der Waals surface area contributed by atoms with Crippen molar-refractivity contribution < 1.29 is 4.52 Å². The first kappa shape index (κ1) is 10.7. The topological polar surface area (TPSA) is 38.1 Å². The summed E-state index contributed by atoms with van der Waals surface area (Å²) in [7, 11) is 0. The van der Waals surface area contributed by atoms with Crippen LogP contribution in [0.4, 0.5) is 5.69 Å². The van der Waals surface area contributed by atoms with Gasteiger partial charge in [0.05, 0.1) is 6.20 Å². The molecular weight excluding hydrogens is 200 g/mol. The zero-order valence-corrected chi connectivity index (χ0v) is 9.60. The Morgan fingerprint density at radius 2 is 2.00 bits per heavy atom. The summed E-state index contributed by atoms with van der Waals surface area (Å²) < 4.78 is 4.76. The number of nitrogens with zero attached hydrogens (tertiary/aromatic N) is 1.